The summed E-state index contributed by atoms with van der Waals surface area (Å²) in [5.74, 6) is 1.58. The zero-order chi connectivity index (χ0) is 15.7. The van der Waals surface area contributed by atoms with E-state index in [9.17, 15) is 4.79 Å². The smallest absolute Gasteiger partial charge is 0.256 e. The van der Waals surface area contributed by atoms with Crippen LogP contribution >= 0.6 is 0 Å². The summed E-state index contributed by atoms with van der Waals surface area (Å²) in [5, 5.41) is 8.38. The molecule has 0 saturated heterocycles. The molecule has 116 valence electrons. The van der Waals surface area contributed by atoms with Crippen molar-refractivity contribution in [2.24, 2.45) is 0 Å². The first-order valence-electron chi connectivity index (χ1n) is 7.25. The Morgan fingerprint density at radius 3 is 2.91 bits per heavy atom. The van der Waals surface area contributed by atoms with Crippen LogP contribution in [0.4, 0.5) is 0 Å². The largest absolute Gasteiger partial charge is 0.377 e. The molecule has 0 spiro atoms. The van der Waals surface area contributed by atoms with Gasteiger partial charge in [-0.25, -0.2) is 0 Å². The third-order valence-electron chi connectivity index (χ3n) is 3.92. The fourth-order valence-electron chi connectivity index (χ4n) is 2.79. The van der Waals surface area contributed by atoms with Crippen LogP contribution in [0.5, 0.6) is 0 Å². The first kappa shape index (κ1) is 14.6. The Morgan fingerprint density at radius 1 is 1.36 bits per heavy atom. The molecular weight excluding hydrogens is 282 g/mol. The lowest BCUT2D eigenvalue weighted by atomic mass is 10.1. The minimum atomic E-state index is -0.125. The Hall–Kier alpha value is -2.28. The number of aryl methyl sites for hydroxylation is 1. The molecule has 1 aliphatic rings. The van der Waals surface area contributed by atoms with Crippen molar-refractivity contribution in [3.63, 3.8) is 0 Å². The molecular formula is C15H19N5O2. The van der Waals surface area contributed by atoms with Gasteiger partial charge in [0.15, 0.2) is 11.6 Å². The highest BCUT2D eigenvalue weighted by Crippen LogP contribution is 2.26. The monoisotopic (exact) mass is 301 g/mol. The highest BCUT2D eigenvalue weighted by atomic mass is 16.5. The zero-order valence-corrected chi connectivity index (χ0v) is 13.0. The van der Waals surface area contributed by atoms with Gasteiger partial charge >= 0.3 is 0 Å². The van der Waals surface area contributed by atoms with E-state index in [2.05, 4.69) is 15.2 Å². The van der Waals surface area contributed by atoms with Gasteiger partial charge < -0.3 is 14.2 Å². The van der Waals surface area contributed by atoms with E-state index in [1.807, 2.05) is 29.4 Å². The summed E-state index contributed by atoms with van der Waals surface area (Å²) in [7, 11) is 1.63. The molecule has 1 aliphatic heterocycles. The van der Waals surface area contributed by atoms with Crippen LogP contribution < -0.4 is 0 Å². The van der Waals surface area contributed by atoms with E-state index in [0.717, 1.165) is 17.2 Å². The van der Waals surface area contributed by atoms with Crippen LogP contribution in [0.1, 0.15) is 40.5 Å². The summed E-state index contributed by atoms with van der Waals surface area (Å²) in [6.07, 6.45) is 3.35. The maximum Gasteiger partial charge on any atom is 0.256 e. The Kier molecular flexibility index (Phi) is 3.89. The molecule has 22 heavy (non-hydrogen) atoms. The second-order valence-corrected chi connectivity index (χ2v) is 5.48. The summed E-state index contributed by atoms with van der Waals surface area (Å²) < 4.78 is 7.17. The average Bonchev–Trinajstić information content (AvgIpc) is 2.92. The number of carbonyl (C=O) groups is 1. The van der Waals surface area contributed by atoms with Gasteiger partial charge in [0, 0.05) is 32.6 Å². The second kappa shape index (κ2) is 5.84. The maximum absolute atomic E-state index is 12.7. The number of ether oxygens (including phenoxy) is 1. The number of carbonyl (C=O) groups excluding carboxylic acids is 1. The van der Waals surface area contributed by atoms with Crippen LogP contribution in [0.2, 0.25) is 0 Å². The fraction of sp³-hybridized carbons (Fsp3) is 0.467. The summed E-state index contributed by atoms with van der Waals surface area (Å²) in [5.41, 5.74) is 1.58. The predicted octanol–water partition coefficient (Wildman–Crippen LogP) is 1.34. The van der Waals surface area contributed by atoms with Crippen molar-refractivity contribution in [2.75, 3.05) is 13.7 Å². The molecule has 0 saturated carbocycles. The molecule has 0 radical (unpaired) electrons. The molecule has 0 aromatic carbocycles. The number of hydrogen-bond acceptors (Lipinski definition) is 5. The zero-order valence-electron chi connectivity index (χ0n) is 13.0. The van der Waals surface area contributed by atoms with Crippen molar-refractivity contribution in [3.8, 4) is 0 Å². The second-order valence-electron chi connectivity index (χ2n) is 5.48. The molecule has 2 aromatic heterocycles. The molecule has 0 fully saturated rings. The van der Waals surface area contributed by atoms with E-state index >= 15 is 0 Å². The van der Waals surface area contributed by atoms with E-state index in [-0.39, 0.29) is 11.9 Å². The van der Waals surface area contributed by atoms with E-state index < -0.39 is 0 Å². The minimum absolute atomic E-state index is 0.0220. The lowest BCUT2D eigenvalue weighted by molar-refractivity contribution is 0.0632. The van der Waals surface area contributed by atoms with Crippen molar-refractivity contribution in [1.82, 2.24) is 24.6 Å². The Bertz CT molecular complexity index is 697. The number of aromatic nitrogens is 4. The molecule has 2 aromatic rings. The highest BCUT2D eigenvalue weighted by Gasteiger charge is 2.31. The molecule has 0 aliphatic carbocycles. The van der Waals surface area contributed by atoms with E-state index in [4.69, 9.17) is 4.74 Å². The van der Waals surface area contributed by atoms with Crippen LogP contribution in [-0.4, -0.2) is 44.2 Å². The van der Waals surface area contributed by atoms with Crippen molar-refractivity contribution in [2.45, 2.75) is 33.0 Å². The summed E-state index contributed by atoms with van der Waals surface area (Å²) in [4.78, 5) is 18.6. The van der Waals surface area contributed by atoms with E-state index in [1.165, 1.54) is 0 Å². The SMILES string of the molecule is COCc1nnc2n1CCN(C(=O)c1cncc(C)c1)[C@@H]2C. The maximum atomic E-state index is 12.7. The van der Waals surface area contributed by atoms with Gasteiger partial charge in [0.2, 0.25) is 0 Å². The van der Waals surface area contributed by atoms with Crippen LogP contribution in [-0.2, 0) is 17.9 Å². The molecule has 0 bridgehead atoms. The van der Waals surface area contributed by atoms with Crippen molar-refractivity contribution >= 4 is 5.91 Å². The third-order valence-corrected chi connectivity index (χ3v) is 3.92. The van der Waals surface area contributed by atoms with Gasteiger partial charge in [-0.2, -0.15) is 0 Å². The minimum Gasteiger partial charge on any atom is -0.377 e. The van der Waals surface area contributed by atoms with Gasteiger partial charge in [-0.05, 0) is 25.5 Å². The number of fused-ring (bicyclic) bond motifs is 1. The van der Waals surface area contributed by atoms with Gasteiger partial charge in [-0.1, -0.05) is 0 Å². The van der Waals surface area contributed by atoms with E-state index in [1.54, 1.807) is 19.5 Å². The fourth-order valence-corrected chi connectivity index (χ4v) is 2.79. The number of hydrogen-bond donors (Lipinski definition) is 0. The van der Waals surface area contributed by atoms with Gasteiger partial charge in [-0.15, -0.1) is 10.2 Å². The third kappa shape index (κ3) is 2.48. The van der Waals surface area contributed by atoms with Crippen LogP contribution in [0.15, 0.2) is 18.5 Å². The summed E-state index contributed by atoms with van der Waals surface area (Å²) in [6, 6.07) is 1.73. The quantitative estimate of drug-likeness (QED) is 0.855. The molecule has 3 heterocycles. The predicted molar refractivity (Wildman–Crippen MR) is 79.2 cm³/mol. The number of rotatable bonds is 3. The van der Waals surface area contributed by atoms with Gasteiger partial charge in [0.25, 0.3) is 5.91 Å². The average molecular weight is 301 g/mol. The Morgan fingerprint density at radius 2 is 2.18 bits per heavy atom. The molecule has 0 unspecified atom stereocenters. The molecule has 7 nitrogen and oxygen atoms in total. The summed E-state index contributed by atoms with van der Waals surface area (Å²) >= 11 is 0. The normalized spacial score (nSPS) is 17.4. The van der Waals surface area contributed by atoms with Crippen molar-refractivity contribution < 1.29 is 9.53 Å². The lowest BCUT2D eigenvalue weighted by Gasteiger charge is -2.33. The lowest BCUT2D eigenvalue weighted by Crippen LogP contribution is -2.41. The standard InChI is InChI=1S/C15H19N5O2/c1-10-6-12(8-16-7-10)15(21)19-4-5-20-13(9-22-3)17-18-14(20)11(19)2/h6-8,11H,4-5,9H2,1-3H3/t11-/m1/s1. The van der Waals surface area contributed by atoms with Crippen molar-refractivity contribution in [3.05, 3.63) is 41.2 Å². The van der Waals surface area contributed by atoms with Crippen molar-refractivity contribution in [1.29, 1.82) is 0 Å². The number of nitrogens with zero attached hydrogens (tertiary/aromatic N) is 5. The number of pyridine rings is 1. The molecule has 1 amide bonds. The van der Waals surface area contributed by atoms with Gasteiger partial charge in [0.05, 0.1) is 11.6 Å². The molecule has 7 heteroatoms. The van der Waals surface area contributed by atoms with Crippen LogP contribution in [0.3, 0.4) is 0 Å². The van der Waals surface area contributed by atoms with Crippen LogP contribution in [0.25, 0.3) is 0 Å². The Labute approximate surface area is 128 Å². The summed E-state index contributed by atoms with van der Waals surface area (Å²) in [6.45, 7) is 5.62. The number of methoxy groups -OCH3 is 1. The molecule has 0 N–H and O–H groups in total. The Balaban J connectivity index is 1.86. The van der Waals surface area contributed by atoms with E-state index in [0.29, 0.717) is 25.3 Å². The highest BCUT2D eigenvalue weighted by molar-refractivity contribution is 5.94. The topological polar surface area (TPSA) is 73.1 Å². The first-order valence-corrected chi connectivity index (χ1v) is 7.25. The molecule has 1 atom stereocenters. The van der Waals surface area contributed by atoms with Crippen LogP contribution in [0, 0.1) is 6.92 Å². The molecule has 3 rings (SSSR count). The number of amides is 1. The van der Waals surface area contributed by atoms with Gasteiger partial charge in [0.1, 0.15) is 6.61 Å². The van der Waals surface area contributed by atoms with Gasteiger partial charge in [-0.3, -0.25) is 9.78 Å². The first-order chi connectivity index (χ1) is 10.6.